The Bertz CT molecular complexity index is 1000. The SMILES string of the molecule is Cc1nn2c(C)c(C(=O)N3CCC(C)CC3)cnc2c1-c1ccc(F)cc1. The Hall–Kier alpha value is -2.76. The summed E-state index contributed by atoms with van der Waals surface area (Å²) in [5.74, 6) is 0.411. The van der Waals surface area contributed by atoms with E-state index in [9.17, 15) is 9.18 Å². The Morgan fingerprint density at radius 3 is 2.48 bits per heavy atom. The van der Waals surface area contributed by atoms with E-state index >= 15 is 0 Å². The normalized spacial score (nSPS) is 15.5. The summed E-state index contributed by atoms with van der Waals surface area (Å²) in [4.78, 5) is 19.4. The summed E-state index contributed by atoms with van der Waals surface area (Å²) in [6.07, 6.45) is 3.73. The van der Waals surface area contributed by atoms with Crippen LogP contribution in [0.3, 0.4) is 0 Å². The van der Waals surface area contributed by atoms with Gasteiger partial charge in [-0.2, -0.15) is 5.10 Å². The number of aryl methyl sites for hydroxylation is 2. The van der Waals surface area contributed by atoms with Crippen LogP contribution in [-0.4, -0.2) is 38.5 Å². The largest absolute Gasteiger partial charge is 0.339 e. The molecule has 3 heterocycles. The summed E-state index contributed by atoms with van der Waals surface area (Å²) in [6, 6.07) is 6.31. The number of carbonyl (C=O) groups excluding carboxylic acids is 1. The molecule has 6 heteroatoms. The van der Waals surface area contributed by atoms with Gasteiger partial charge in [0.25, 0.3) is 5.91 Å². The van der Waals surface area contributed by atoms with Gasteiger partial charge < -0.3 is 4.90 Å². The fourth-order valence-corrected chi connectivity index (χ4v) is 3.75. The predicted molar refractivity (Wildman–Crippen MR) is 102 cm³/mol. The third-order valence-electron chi connectivity index (χ3n) is 5.49. The molecule has 1 saturated heterocycles. The molecule has 2 aromatic heterocycles. The van der Waals surface area contributed by atoms with Crippen molar-refractivity contribution in [3.63, 3.8) is 0 Å². The van der Waals surface area contributed by atoms with E-state index in [4.69, 9.17) is 0 Å². The maximum atomic E-state index is 13.3. The molecule has 0 radical (unpaired) electrons. The lowest BCUT2D eigenvalue weighted by molar-refractivity contribution is 0.0695. The minimum atomic E-state index is -0.277. The summed E-state index contributed by atoms with van der Waals surface area (Å²) in [7, 11) is 0. The molecular weight excluding hydrogens is 343 g/mol. The van der Waals surface area contributed by atoms with Gasteiger partial charge in [0.1, 0.15) is 5.82 Å². The van der Waals surface area contributed by atoms with Gasteiger partial charge in [0.15, 0.2) is 5.65 Å². The Kier molecular flexibility index (Phi) is 4.42. The number of likely N-dealkylation sites (tertiary alicyclic amines) is 1. The second-order valence-corrected chi connectivity index (χ2v) is 7.43. The molecule has 1 aliphatic rings. The Morgan fingerprint density at radius 1 is 1.15 bits per heavy atom. The first kappa shape index (κ1) is 17.6. The molecule has 0 N–H and O–H groups in total. The standard InChI is InChI=1S/C21H23FN4O/c1-13-8-10-25(11-9-13)21(27)18-12-23-20-19(14(2)24-26(20)15(18)3)16-4-6-17(22)7-5-16/h4-7,12-13H,8-11H2,1-3H3. The molecule has 0 unspecified atom stereocenters. The number of benzene rings is 1. The summed E-state index contributed by atoms with van der Waals surface area (Å²) in [6.45, 7) is 7.60. The van der Waals surface area contributed by atoms with Gasteiger partial charge in [0.05, 0.1) is 17.0 Å². The molecule has 1 amide bonds. The van der Waals surface area contributed by atoms with Gasteiger partial charge in [-0.05, 0) is 50.3 Å². The molecule has 27 heavy (non-hydrogen) atoms. The van der Waals surface area contributed by atoms with Crippen molar-refractivity contribution in [3.05, 3.63) is 53.2 Å². The highest BCUT2D eigenvalue weighted by molar-refractivity contribution is 5.95. The maximum Gasteiger partial charge on any atom is 0.257 e. The van der Waals surface area contributed by atoms with Crippen molar-refractivity contribution in [1.82, 2.24) is 19.5 Å². The van der Waals surface area contributed by atoms with E-state index in [1.807, 2.05) is 18.7 Å². The maximum absolute atomic E-state index is 13.3. The molecule has 0 aliphatic carbocycles. The quantitative estimate of drug-likeness (QED) is 0.688. The van der Waals surface area contributed by atoms with Gasteiger partial charge in [0, 0.05) is 24.8 Å². The van der Waals surface area contributed by atoms with Crippen LogP contribution in [0.5, 0.6) is 0 Å². The van der Waals surface area contributed by atoms with Crippen LogP contribution < -0.4 is 0 Å². The molecular formula is C21H23FN4O. The van der Waals surface area contributed by atoms with Crippen LogP contribution in [0.2, 0.25) is 0 Å². The molecule has 1 aromatic carbocycles. The zero-order valence-corrected chi connectivity index (χ0v) is 15.9. The first-order valence-electron chi connectivity index (χ1n) is 9.36. The summed E-state index contributed by atoms with van der Waals surface area (Å²) in [5.41, 5.74) is 4.57. The molecule has 140 valence electrons. The fourth-order valence-electron chi connectivity index (χ4n) is 3.75. The highest BCUT2D eigenvalue weighted by Crippen LogP contribution is 2.29. The molecule has 1 fully saturated rings. The van der Waals surface area contributed by atoms with Crippen LogP contribution in [0.25, 0.3) is 16.8 Å². The van der Waals surface area contributed by atoms with Crippen molar-refractivity contribution < 1.29 is 9.18 Å². The fraction of sp³-hybridized carbons (Fsp3) is 0.381. The average Bonchev–Trinajstić information content (AvgIpc) is 3.00. The number of hydrogen-bond donors (Lipinski definition) is 0. The molecule has 0 spiro atoms. The van der Waals surface area contributed by atoms with Gasteiger partial charge in [0.2, 0.25) is 0 Å². The number of piperidine rings is 1. The van der Waals surface area contributed by atoms with E-state index in [-0.39, 0.29) is 11.7 Å². The van der Waals surface area contributed by atoms with Gasteiger partial charge >= 0.3 is 0 Å². The smallest absolute Gasteiger partial charge is 0.257 e. The van der Waals surface area contributed by atoms with Crippen molar-refractivity contribution in [2.75, 3.05) is 13.1 Å². The molecule has 1 aliphatic heterocycles. The predicted octanol–water partition coefficient (Wildman–Crippen LogP) is 4.02. The number of hydrogen-bond acceptors (Lipinski definition) is 3. The van der Waals surface area contributed by atoms with Gasteiger partial charge in [-0.1, -0.05) is 19.1 Å². The minimum absolute atomic E-state index is 0.0188. The van der Waals surface area contributed by atoms with Crippen LogP contribution in [0.4, 0.5) is 4.39 Å². The van der Waals surface area contributed by atoms with Crippen LogP contribution in [0.15, 0.2) is 30.5 Å². The average molecular weight is 366 g/mol. The highest BCUT2D eigenvalue weighted by atomic mass is 19.1. The molecule has 0 bridgehead atoms. The Labute approximate surface area is 157 Å². The lowest BCUT2D eigenvalue weighted by Crippen LogP contribution is -2.38. The van der Waals surface area contributed by atoms with E-state index in [0.29, 0.717) is 17.1 Å². The molecule has 4 rings (SSSR count). The van der Waals surface area contributed by atoms with E-state index in [0.717, 1.165) is 48.4 Å². The zero-order valence-electron chi connectivity index (χ0n) is 15.9. The van der Waals surface area contributed by atoms with E-state index in [1.165, 1.54) is 12.1 Å². The van der Waals surface area contributed by atoms with Gasteiger partial charge in [-0.15, -0.1) is 0 Å². The third-order valence-corrected chi connectivity index (χ3v) is 5.49. The molecule has 0 saturated carbocycles. The second kappa shape index (κ2) is 6.76. The van der Waals surface area contributed by atoms with Crippen molar-refractivity contribution in [1.29, 1.82) is 0 Å². The van der Waals surface area contributed by atoms with Crippen LogP contribution in [-0.2, 0) is 0 Å². The molecule has 5 nitrogen and oxygen atoms in total. The van der Waals surface area contributed by atoms with Crippen LogP contribution in [0.1, 0.15) is 41.5 Å². The lowest BCUT2D eigenvalue weighted by Gasteiger charge is -2.30. The number of nitrogens with zero attached hydrogens (tertiary/aromatic N) is 4. The van der Waals surface area contributed by atoms with Gasteiger partial charge in [-0.25, -0.2) is 13.9 Å². The number of carbonyl (C=O) groups is 1. The van der Waals surface area contributed by atoms with Crippen molar-refractivity contribution in [3.8, 4) is 11.1 Å². The Balaban J connectivity index is 1.75. The minimum Gasteiger partial charge on any atom is -0.339 e. The zero-order chi connectivity index (χ0) is 19.1. The number of rotatable bonds is 2. The third kappa shape index (κ3) is 3.09. The molecule has 3 aromatic rings. The number of aromatic nitrogens is 3. The number of amides is 1. The van der Waals surface area contributed by atoms with E-state index in [2.05, 4.69) is 17.0 Å². The second-order valence-electron chi connectivity index (χ2n) is 7.43. The van der Waals surface area contributed by atoms with Crippen LogP contribution in [0, 0.1) is 25.6 Å². The summed E-state index contributed by atoms with van der Waals surface area (Å²) < 4.78 is 15.0. The number of halogens is 1. The Morgan fingerprint density at radius 2 is 1.81 bits per heavy atom. The van der Waals surface area contributed by atoms with E-state index < -0.39 is 0 Å². The topological polar surface area (TPSA) is 50.5 Å². The first-order valence-corrected chi connectivity index (χ1v) is 9.36. The van der Waals surface area contributed by atoms with E-state index in [1.54, 1.807) is 22.8 Å². The van der Waals surface area contributed by atoms with Crippen molar-refractivity contribution >= 4 is 11.6 Å². The van der Waals surface area contributed by atoms with Crippen molar-refractivity contribution in [2.45, 2.75) is 33.6 Å². The molecule has 0 atom stereocenters. The summed E-state index contributed by atoms with van der Waals surface area (Å²) in [5, 5.41) is 4.60. The highest BCUT2D eigenvalue weighted by Gasteiger charge is 2.25. The summed E-state index contributed by atoms with van der Waals surface area (Å²) >= 11 is 0. The number of fused-ring (bicyclic) bond motifs is 1. The first-order chi connectivity index (χ1) is 13.0. The van der Waals surface area contributed by atoms with Gasteiger partial charge in [-0.3, -0.25) is 4.79 Å². The lowest BCUT2D eigenvalue weighted by atomic mass is 9.98. The monoisotopic (exact) mass is 366 g/mol. The van der Waals surface area contributed by atoms with Crippen LogP contribution >= 0.6 is 0 Å². The van der Waals surface area contributed by atoms with Crippen molar-refractivity contribution in [2.24, 2.45) is 5.92 Å².